The molecule has 0 radical (unpaired) electrons. The normalized spacial score (nSPS) is 13.7. The summed E-state index contributed by atoms with van der Waals surface area (Å²) in [5.41, 5.74) is -9.89. The van der Waals surface area contributed by atoms with E-state index in [1.54, 1.807) is 0 Å². The van der Waals surface area contributed by atoms with Gasteiger partial charge in [0.05, 0.1) is 16.0 Å². The van der Waals surface area contributed by atoms with Crippen LogP contribution in [-0.2, 0) is 12.4 Å². The van der Waals surface area contributed by atoms with Gasteiger partial charge in [-0.1, -0.05) is 0 Å². The minimum Gasteiger partial charge on any atom is -0.206 e. The zero-order chi connectivity index (χ0) is 15.9. The van der Waals surface area contributed by atoms with Crippen LogP contribution in [0.25, 0.3) is 0 Å². The van der Waals surface area contributed by atoms with Crippen molar-refractivity contribution in [3.63, 3.8) is 0 Å². The summed E-state index contributed by atoms with van der Waals surface area (Å²) in [5.74, 6) is -2.03. The Morgan fingerprint density at radius 3 is 1.45 bits per heavy atom. The van der Waals surface area contributed by atoms with Gasteiger partial charge in [0.1, 0.15) is 5.82 Å². The minimum atomic E-state index is -5.57. The highest BCUT2D eigenvalue weighted by atomic mass is 32.2. The van der Waals surface area contributed by atoms with Crippen molar-refractivity contribution >= 4 is 11.8 Å². The molecule has 114 valence electrons. The second kappa shape index (κ2) is 5.01. The Kier molecular flexibility index (Phi) is 4.24. The fourth-order valence-electron chi connectivity index (χ4n) is 1.23. The molecule has 1 aromatic rings. The molecule has 0 saturated carbocycles. The Morgan fingerprint density at radius 2 is 1.10 bits per heavy atom. The fourth-order valence-corrected chi connectivity index (χ4v) is 1.81. The van der Waals surface area contributed by atoms with Crippen molar-refractivity contribution in [3.05, 3.63) is 29.1 Å². The molecular formula is C9H2F10S. The Labute approximate surface area is 108 Å². The molecule has 0 aliphatic rings. The zero-order valence-electron chi connectivity index (χ0n) is 8.84. The molecule has 1 rings (SSSR count). The molecule has 0 amide bonds. The van der Waals surface area contributed by atoms with Crippen molar-refractivity contribution < 1.29 is 43.9 Å². The number of benzene rings is 1. The average molecular weight is 332 g/mol. The summed E-state index contributed by atoms with van der Waals surface area (Å²) >= 11 is -1.27. The maximum atomic E-state index is 13.1. The van der Waals surface area contributed by atoms with E-state index < -0.39 is 63.6 Å². The summed E-state index contributed by atoms with van der Waals surface area (Å²) in [7, 11) is 0. The third kappa shape index (κ3) is 4.18. The lowest BCUT2D eigenvalue weighted by Gasteiger charge is -2.17. The van der Waals surface area contributed by atoms with Crippen LogP contribution in [0.3, 0.4) is 0 Å². The molecule has 0 nitrogen and oxygen atoms in total. The molecule has 0 spiro atoms. The monoisotopic (exact) mass is 332 g/mol. The number of halogens is 10. The lowest BCUT2D eigenvalue weighted by molar-refractivity contribution is -0.162. The maximum absolute atomic E-state index is 13.1. The SMILES string of the molecule is Fc1cc(C(F)(F)F)c(C(F)(F)F)cc1SC(F)(F)F. The largest absolute Gasteiger partial charge is 0.446 e. The van der Waals surface area contributed by atoms with E-state index in [4.69, 9.17) is 0 Å². The van der Waals surface area contributed by atoms with Crippen molar-refractivity contribution in [2.24, 2.45) is 0 Å². The molecule has 0 aromatic heterocycles. The molecule has 0 unspecified atom stereocenters. The topological polar surface area (TPSA) is 0 Å². The summed E-state index contributed by atoms with van der Waals surface area (Å²) in [4.78, 5) is -1.59. The van der Waals surface area contributed by atoms with Crippen LogP contribution in [-0.4, -0.2) is 5.51 Å². The van der Waals surface area contributed by atoms with Gasteiger partial charge in [0.2, 0.25) is 0 Å². The van der Waals surface area contributed by atoms with E-state index >= 15 is 0 Å². The van der Waals surface area contributed by atoms with Crippen molar-refractivity contribution in [2.45, 2.75) is 22.8 Å². The van der Waals surface area contributed by atoms with Gasteiger partial charge in [-0.15, -0.1) is 0 Å². The Morgan fingerprint density at radius 1 is 0.700 bits per heavy atom. The van der Waals surface area contributed by atoms with Crippen molar-refractivity contribution in [1.82, 2.24) is 0 Å². The highest BCUT2D eigenvalue weighted by Crippen LogP contribution is 2.45. The molecule has 0 heterocycles. The van der Waals surface area contributed by atoms with Crippen LogP contribution >= 0.6 is 11.8 Å². The summed E-state index contributed by atoms with van der Waals surface area (Å²) in [6.07, 6.45) is -11.1. The first-order valence-corrected chi connectivity index (χ1v) is 5.27. The summed E-state index contributed by atoms with van der Waals surface area (Å²) in [6, 6.07) is -1.10. The van der Waals surface area contributed by atoms with E-state index in [2.05, 4.69) is 0 Å². The standard InChI is InChI=1S/C9H2F10S/c10-5-1-3(7(11,12)13)4(8(14,15)16)2-6(5)20-9(17,18)19/h1-2H. The quantitative estimate of drug-likeness (QED) is 0.485. The number of hydrogen-bond acceptors (Lipinski definition) is 1. The van der Waals surface area contributed by atoms with Gasteiger partial charge in [0.25, 0.3) is 0 Å². The van der Waals surface area contributed by atoms with E-state index in [0.29, 0.717) is 0 Å². The van der Waals surface area contributed by atoms with Crippen molar-refractivity contribution in [3.8, 4) is 0 Å². The smallest absolute Gasteiger partial charge is 0.206 e. The molecule has 0 bridgehead atoms. The lowest BCUT2D eigenvalue weighted by atomic mass is 10.1. The van der Waals surface area contributed by atoms with Gasteiger partial charge in [-0.3, -0.25) is 0 Å². The maximum Gasteiger partial charge on any atom is 0.446 e. The van der Waals surface area contributed by atoms with Crippen LogP contribution in [0.4, 0.5) is 43.9 Å². The minimum absolute atomic E-state index is 0.504. The number of thioether (sulfide) groups is 1. The molecule has 11 heteroatoms. The summed E-state index contributed by atoms with van der Waals surface area (Å²) in [5, 5.41) is 0. The first-order chi connectivity index (χ1) is 8.72. The molecule has 0 saturated heterocycles. The van der Waals surface area contributed by atoms with Gasteiger partial charge in [0, 0.05) is 0 Å². The Balaban J connectivity index is 3.49. The molecule has 1 aromatic carbocycles. The second-order valence-corrected chi connectivity index (χ2v) is 4.48. The van der Waals surface area contributed by atoms with Gasteiger partial charge in [-0.25, -0.2) is 4.39 Å². The van der Waals surface area contributed by atoms with E-state index in [0.717, 1.165) is 0 Å². The van der Waals surface area contributed by atoms with Gasteiger partial charge in [-0.05, 0) is 23.9 Å². The zero-order valence-corrected chi connectivity index (χ0v) is 9.66. The highest BCUT2D eigenvalue weighted by molar-refractivity contribution is 8.00. The van der Waals surface area contributed by atoms with E-state index in [9.17, 15) is 43.9 Å². The van der Waals surface area contributed by atoms with Crippen LogP contribution in [0.1, 0.15) is 11.1 Å². The average Bonchev–Trinajstić information content (AvgIpc) is 2.15. The molecule has 0 aliphatic carbocycles. The third-order valence-electron chi connectivity index (χ3n) is 1.91. The number of hydrogen-bond donors (Lipinski definition) is 0. The van der Waals surface area contributed by atoms with Crippen LogP contribution < -0.4 is 0 Å². The molecule has 0 aliphatic heterocycles. The van der Waals surface area contributed by atoms with Crippen molar-refractivity contribution in [1.29, 1.82) is 0 Å². The van der Waals surface area contributed by atoms with E-state index in [-0.39, 0.29) is 0 Å². The highest BCUT2D eigenvalue weighted by Gasteiger charge is 2.44. The lowest BCUT2D eigenvalue weighted by Crippen LogP contribution is -2.17. The predicted octanol–water partition coefficient (Wildman–Crippen LogP) is 5.48. The Bertz CT molecular complexity index is 495. The summed E-state index contributed by atoms with van der Waals surface area (Å²) in [6.45, 7) is 0. The van der Waals surface area contributed by atoms with Crippen LogP contribution in [0, 0.1) is 5.82 Å². The molecular weight excluding hydrogens is 330 g/mol. The third-order valence-corrected chi connectivity index (χ3v) is 2.67. The van der Waals surface area contributed by atoms with Crippen LogP contribution in [0.2, 0.25) is 0 Å². The second-order valence-electron chi connectivity index (χ2n) is 3.37. The van der Waals surface area contributed by atoms with Gasteiger partial charge in [-0.2, -0.15) is 39.5 Å². The first-order valence-electron chi connectivity index (χ1n) is 4.45. The Hall–Kier alpha value is -1.13. The number of alkyl halides is 9. The molecule has 0 fully saturated rings. The molecule has 20 heavy (non-hydrogen) atoms. The van der Waals surface area contributed by atoms with Crippen LogP contribution in [0.15, 0.2) is 17.0 Å². The van der Waals surface area contributed by atoms with Crippen LogP contribution in [0.5, 0.6) is 0 Å². The fraction of sp³-hybridized carbons (Fsp3) is 0.333. The van der Waals surface area contributed by atoms with Gasteiger partial charge >= 0.3 is 17.9 Å². The first kappa shape index (κ1) is 16.9. The van der Waals surface area contributed by atoms with E-state index in [1.807, 2.05) is 0 Å². The number of rotatable bonds is 1. The predicted molar refractivity (Wildman–Crippen MR) is 48.3 cm³/mol. The molecule has 0 N–H and O–H groups in total. The molecule has 0 atom stereocenters. The van der Waals surface area contributed by atoms with Gasteiger partial charge < -0.3 is 0 Å². The van der Waals surface area contributed by atoms with Crippen molar-refractivity contribution in [2.75, 3.05) is 0 Å². The van der Waals surface area contributed by atoms with E-state index in [1.165, 1.54) is 0 Å². The summed E-state index contributed by atoms with van der Waals surface area (Å²) < 4.78 is 123. The van der Waals surface area contributed by atoms with Gasteiger partial charge in [0.15, 0.2) is 0 Å².